The first kappa shape index (κ1) is 21.6. The van der Waals surface area contributed by atoms with Crippen molar-refractivity contribution in [3.05, 3.63) is 69.8 Å². The average molecular weight is 472 g/mol. The number of aromatic nitrogens is 1. The van der Waals surface area contributed by atoms with Crippen LogP contribution < -0.4 is 10.2 Å². The lowest BCUT2D eigenvalue weighted by Crippen LogP contribution is -2.54. The standard InChI is InChI=1S/C22H15Cl2N3O5/c1-32-19(28)11-26-10-12(14-4-2-3-5-18(14)26)8-15-20(29)25-22(31)27(21(15)30)13-6-7-16(23)17(24)9-13/h2-10H,11H2,1H3,(H,25,29,31). The fourth-order valence-electron chi connectivity index (χ4n) is 3.40. The molecule has 0 radical (unpaired) electrons. The molecule has 32 heavy (non-hydrogen) atoms. The number of fused-ring (bicyclic) bond motifs is 1. The van der Waals surface area contributed by atoms with E-state index < -0.39 is 23.8 Å². The van der Waals surface area contributed by atoms with Crippen molar-refractivity contribution in [2.24, 2.45) is 0 Å². The maximum absolute atomic E-state index is 13.1. The van der Waals surface area contributed by atoms with Crippen LogP contribution in [0.5, 0.6) is 0 Å². The molecule has 1 aromatic heterocycles. The molecule has 0 spiro atoms. The Hall–Kier alpha value is -3.62. The van der Waals surface area contributed by atoms with E-state index in [0.29, 0.717) is 16.5 Å². The normalized spacial score (nSPS) is 15.4. The first-order chi connectivity index (χ1) is 15.3. The van der Waals surface area contributed by atoms with Crippen LogP contribution in [0.1, 0.15) is 5.56 Å². The number of esters is 1. The summed E-state index contributed by atoms with van der Waals surface area (Å²) in [5.74, 6) is -2.10. The van der Waals surface area contributed by atoms with Gasteiger partial charge in [-0.1, -0.05) is 41.4 Å². The number of rotatable bonds is 4. The Morgan fingerprint density at radius 3 is 2.56 bits per heavy atom. The fourth-order valence-corrected chi connectivity index (χ4v) is 3.69. The van der Waals surface area contributed by atoms with Crippen LogP contribution in [-0.2, 0) is 25.7 Å². The van der Waals surface area contributed by atoms with Gasteiger partial charge < -0.3 is 9.30 Å². The third kappa shape index (κ3) is 3.86. The molecule has 4 amide bonds. The second-order valence-electron chi connectivity index (χ2n) is 6.86. The van der Waals surface area contributed by atoms with Gasteiger partial charge >= 0.3 is 12.0 Å². The number of para-hydroxylation sites is 1. The second kappa shape index (κ2) is 8.49. The van der Waals surface area contributed by atoms with Gasteiger partial charge in [0.2, 0.25) is 0 Å². The molecule has 0 aliphatic carbocycles. The number of carbonyl (C=O) groups is 4. The van der Waals surface area contributed by atoms with Crippen LogP contribution in [0.2, 0.25) is 10.0 Å². The van der Waals surface area contributed by atoms with Crippen molar-refractivity contribution in [2.75, 3.05) is 12.0 Å². The number of urea groups is 1. The van der Waals surface area contributed by atoms with E-state index in [1.54, 1.807) is 35.0 Å². The molecule has 0 saturated carbocycles. The number of methoxy groups -OCH3 is 1. The minimum Gasteiger partial charge on any atom is -0.468 e. The van der Waals surface area contributed by atoms with E-state index in [4.69, 9.17) is 27.9 Å². The summed E-state index contributed by atoms with van der Waals surface area (Å²) >= 11 is 11.9. The van der Waals surface area contributed by atoms with Gasteiger partial charge in [-0.2, -0.15) is 0 Å². The van der Waals surface area contributed by atoms with E-state index >= 15 is 0 Å². The lowest BCUT2D eigenvalue weighted by atomic mass is 10.1. The summed E-state index contributed by atoms with van der Waals surface area (Å²) in [4.78, 5) is 50.6. The first-order valence-electron chi connectivity index (χ1n) is 9.31. The van der Waals surface area contributed by atoms with Crippen molar-refractivity contribution < 1.29 is 23.9 Å². The van der Waals surface area contributed by atoms with Crippen molar-refractivity contribution in [3.8, 4) is 0 Å². The Kier molecular flexibility index (Phi) is 5.73. The van der Waals surface area contributed by atoms with Crippen LogP contribution in [0, 0.1) is 0 Å². The van der Waals surface area contributed by atoms with Crippen LogP contribution in [-0.4, -0.2) is 35.5 Å². The molecule has 10 heteroatoms. The predicted molar refractivity (Wildman–Crippen MR) is 119 cm³/mol. The minimum absolute atomic E-state index is 0.0474. The number of nitrogens with one attached hydrogen (secondary N) is 1. The van der Waals surface area contributed by atoms with Crippen molar-refractivity contribution >= 4 is 69.7 Å². The minimum atomic E-state index is -0.899. The van der Waals surface area contributed by atoms with Gasteiger partial charge in [0, 0.05) is 22.7 Å². The molecule has 1 fully saturated rings. The number of ether oxygens (including phenoxy) is 1. The number of carbonyl (C=O) groups excluding carboxylic acids is 4. The van der Waals surface area contributed by atoms with E-state index in [0.717, 1.165) is 4.90 Å². The summed E-state index contributed by atoms with van der Waals surface area (Å²) in [6, 6.07) is 10.5. The Morgan fingerprint density at radius 2 is 1.84 bits per heavy atom. The van der Waals surface area contributed by atoms with E-state index in [1.165, 1.54) is 31.4 Å². The molecule has 0 bridgehead atoms. The summed E-state index contributed by atoms with van der Waals surface area (Å²) in [5, 5.41) is 3.28. The zero-order valence-corrected chi connectivity index (χ0v) is 18.1. The monoisotopic (exact) mass is 471 g/mol. The molecule has 8 nitrogen and oxygen atoms in total. The highest BCUT2D eigenvalue weighted by atomic mass is 35.5. The molecule has 1 aliphatic rings. The highest BCUT2D eigenvalue weighted by molar-refractivity contribution is 6.43. The van der Waals surface area contributed by atoms with Gasteiger partial charge in [0.15, 0.2) is 0 Å². The number of barbiturate groups is 1. The van der Waals surface area contributed by atoms with E-state index in [-0.39, 0.29) is 27.9 Å². The fraction of sp³-hybridized carbons (Fsp3) is 0.0909. The third-order valence-corrected chi connectivity index (χ3v) is 5.65. The van der Waals surface area contributed by atoms with Crippen LogP contribution in [0.25, 0.3) is 17.0 Å². The maximum atomic E-state index is 13.1. The number of benzene rings is 2. The van der Waals surface area contributed by atoms with Crippen LogP contribution in [0.4, 0.5) is 10.5 Å². The topological polar surface area (TPSA) is 97.7 Å². The number of nitrogens with zero attached hydrogens (tertiary/aromatic N) is 2. The molecule has 162 valence electrons. The molecular formula is C22H15Cl2N3O5. The zero-order valence-electron chi connectivity index (χ0n) is 16.6. The molecule has 2 aromatic carbocycles. The van der Waals surface area contributed by atoms with Crippen molar-refractivity contribution in [2.45, 2.75) is 6.54 Å². The van der Waals surface area contributed by atoms with E-state index in [9.17, 15) is 19.2 Å². The molecule has 1 N–H and O–H groups in total. The van der Waals surface area contributed by atoms with Crippen LogP contribution >= 0.6 is 23.2 Å². The van der Waals surface area contributed by atoms with E-state index in [1.807, 2.05) is 0 Å². The first-order valence-corrected chi connectivity index (χ1v) is 10.1. The van der Waals surface area contributed by atoms with Gasteiger partial charge in [0.1, 0.15) is 12.1 Å². The Bertz CT molecular complexity index is 1330. The predicted octanol–water partition coefficient (Wildman–Crippen LogP) is 3.79. The lowest BCUT2D eigenvalue weighted by Gasteiger charge is -2.26. The molecule has 4 rings (SSSR count). The van der Waals surface area contributed by atoms with Crippen molar-refractivity contribution in [1.82, 2.24) is 9.88 Å². The largest absolute Gasteiger partial charge is 0.468 e. The highest BCUT2D eigenvalue weighted by Crippen LogP contribution is 2.30. The quantitative estimate of drug-likeness (QED) is 0.354. The summed E-state index contributed by atoms with van der Waals surface area (Å²) in [5.41, 5.74) is 1.14. The van der Waals surface area contributed by atoms with Crippen molar-refractivity contribution in [3.63, 3.8) is 0 Å². The second-order valence-corrected chi connectivity index (χ2v) is 7.68. The third-order valence-electron chi connectivity index (χ3n) is 4.91. The molecule has 2 heterocycles. The molecular weight excluding hydrogens is 457 g/mol. The number of halogens is 2. The number of imide groups is 2. The Balaban J connectivity index is 1.79. The molecule has 0 atom stereocenters. The SMILES string of the molecule is COC(=O)Cn1cc(C=C2C(=O)NC(=O)N(c3ccc(Cl)c(Cl)c3)C2=O)c2ccccc21. The summed E-state index contributed by atoms with van der Waals surface area (Å²) in [7, 11) is 1.29. The van der Waals surface area contributed by atoms with E-state index in [2.05, 4.69) is 5.32 Å². The van der Waals surface area contributed by atoms with Crippen LogP contribution in [0.3, 0.4) is 0 Å². The number of hydrogen-bond acceptors (Lipinski definition) is 5. The lowest BCUT2D eigenvalue weighted by molar-refractivity contribution is -0.141. The Morgan fingerprint density at radius 1 is 1.09 bits per heavy atom. The molecule has 1 saturated heterocycles. The van der Waals surface area contributed by atoms with Crippen molar-refractivity contribution in [1.29, 1.82) is 0 Å². The molecule has 1 aliphatic heterocycles. The highest BCUT2D eigenvalue weighted by Gasteiger charge is 2.37. The smallest absolute Gasteiger partial charge is 0.335 e. The zero-order chi connectivity index (χ0) is 23.0. The average Bonchev–Trinajstić information content (AvgIpc) is 3.10. The van der Waals surface area contributed by atoms with Crippen LogP contribution in [0.15, 0.2) is 54.2 Å². The number of hydrogen-bond donors (Lipinski definition) is 1. The van der Waals surface area contributed by atoms with Gasteiger partial charge in [-0.25, -0.2) is 9.69 Å². The summed E-state index contributed by atoms with van der Waals surface area (Å²) in [6.45, 7) is -0.0474. The van der Waals surface area contributed by atoms with Gasteiger partial charge in [0.05, 0.1) is 22.8 Å². The number of anilines is 1. The Labute approximate surface area is 191 Å². The van der Waals surface area contributed by atoms with Gasteiger partial charge in [-0.15, -0.1) is 0 Å². The van der Waals surface area contributed by atoms with Gasteiger partial charge in [-0.05, 0) is 30.3 Å². The molecule has 0 unspecified atom stereocenters. The molecule has 3 aromatic rings. The van der Waals surface area contributed by atoms with Gasteiger partial charge in [-0.3, -0.25) is 19.7 Å². The summed E-state index contributed by atoms with van der Waals surface area (Å²) < 4.78 is 6.38. The number of amides is 4. The van der Waals surface area contributed by atoms with Gasteiger partial charge in [0.25, 0.3) is 11.8 Å². The summed E-state index contributed by atoms with van der Waals surface area (Å²) in [6.07, 6.45) is 3.01. The maximum Gasteiger partial charge on any atom is 0.335 e.